The normalized spacial score (nSPS) is 12.3. The zero-order valence-corrected chi connectivity index (χ0v) is 8.52. The second-order valence-corrected chi connectivity index (χ2v) is 3.40. The van der Waals surface area contributed by atoms with Gasteiger partial charge in [0.15, 0.2) is 0 Å². The van der Waals surface area contributed by atoms with E-state index in [0.29, 0.717) is 13.0 Å². The summed E-state index contributed by atoms with van der Waals surface area (Å²) >= 11 is 0. The average molecular weight is 208 g/mol. The van der Waals surface area contributed by atoms with Gasteiger partial charge in [-0.05, 0) is 18.5 Å². The van der Waals surface area contributed by atoms with Gasteiger partial charge in [-0.25, -0.2) is 0 Å². The minimum Gasteiger partial charge on any atom is -0.480 e. The van der Waals surface area contributed by atoms with Crippen molar-refractivity contribution in [2.45, 2.75) is 19.0 Å². The average Bonchev–Trinajstić information content (AvgIpc) is 2.25. The quantitative estimate of drug-likeness (QED) is 0.598. The first-order valence-electron chi connectivity index (χ1n) is 4.93. The largest absolute Gasteiger partial charge is 0.480 e. The molecule has 0 amide bonds. The van der Waals surface area contributed by atoms with Gasteiger partial charge in [0, 0.05) is 6.54 Å². The summed E-state index contributed by atoms with van der Waals surface area (Å²) in [6, 6.07) is 9.17. The Morgan fingerprint density at radius 3 is 2.67 bits per heavy atom. The van der Waals surface area contributed by atoms with Crippen LogP contribution in [0.2, 0.25) is 0 Å². The van der Waals surface area contributed by atoms with E-state index >= 15 is 0 Å². The Kier molecular flexibility index (Phi) is 4.80. The lowest BCUT2D eigenvalue weighted by Gasteiger charge is -2.07. The van der Waals surface area contributed by atoms with Crippen molar-refractivity contribution in [3.05, 3.63) is 35.9 Å². The van der Waals surface area contributed by atoms with Gasteiger partial charge in [-0.3, -0.25) is 4.79 Å². The second-order valence-electron chi connectivity index (χ2n) is 3.40. The van der Waals surface area contributed by atoms with Gasteiger partial charge < -0.3 is 16.2 Å². The molecule has 0 aromatic heterocycles. The van der Waals surface area contributed by atoms with Crippen LogP contribution >= 0.6 is 0 Å². The number of nitrogens with two attached hydrogens (primary N) is 1. The molecule has 1 rings (SSSR count). The molecule has 4 nitrogen and oxygen atoms in total. The van der Waals surface area contributed by atoms with Crippen molar-refractivity contribution in [1.82, 2.24) is 5.32 Å². The maximum absolute atomic E-state index is 10.4. The monoisotopic (exact) mass is 208 g/mol. The Morgan fingerprint density at radius 1 is 1.40 bits per heavy atom. The van der Waals surface area contributed by atoms with Crippen LogP contribution in [-0.2, 0) is 11.3 Å². The second kappa shape index (κ2) is 6.16. The zero-order chi connectivity index (χ0) is 11.1. The summed E-state index contributed by atoms with van der Waals surface area (Å²) in [5.74, 6) is -0.948. The molecule has 0 bridgehead atoms. The van der Waals surface area contributed by atoms with E-state index < -0.39 is 12.0 Å². The molecule has 82 valence electrons. The lowest BCUT2D eigenvalue weighted by Crippen LogP contribution is -2.33. The Labute approximate surface area is 89.1 Å². The Morgan fingerprint density at radius 2 is 2.07 bits per heavy atom. The Balaban J connectivity index is 2.15. The number of carboxylic acid groups (broad SMARTS) is 1. The first kappa shape index (κ1) is 11.7. The zero-order valence-electron chi connectivity index (χ0n) is 8.52. The standard InChI is InChI=1S/C11H16N2O2/c12-10(11(14)15)6-7-13-8-9-4-2-1-3-5-9/h1-5,10,13H,6-8,12H2,(H,14,15). The van der Waals surface area contributed by atoms with Gasteiger partial charge in [0.1, 0.15) is 6.04 Å². The van der Waals surface area contributed by atoms with Crippen LogP contribution in [0.5, 0.6) is 0 Å². The minimum atomic E-state index is -0.948. The molecule has 1 unspecified atom stereocenters. The van der Waals surface area contributed by atoms with E-state index in [1.54, 1.807) is 0 Å². The summed E-state index contributed by atoms with van der Waals surface area (Å²) < 4.78 is 0. The molecule has 1 atom stereocenters. The molecule has 1 aromatic carbocycles. The smallest absolute Gasteiger partial charge is 0.320 e. The number of benzene rings is 1. The highest BCUT2D eigenvalue weighted by Gasteiger charge is 2.09. The van der Waals surface area contributed by atoms with Crippen molar-refractivity contribution in [3.8, 4) is 0 Å². The molecular formula is C11H16N2O2. The topological polar surface area (TPSA) is 75.3 Å². The fourth-order valence-electron chi connectivity index (χ4n) is 1.21. The van der Waals surface area contributed by atoms with Gasteiger partial charge >= 0.3 is 5.97 Å². The molecule has 0 aliphatic heterocycles. The third-order valence-corrected chi connectivity index (χ3v) is 2.12. The molecule has 0 heterocycles. The van der Waals surface area contributed by atoms with Crippen LogP contribution in [0.4, 0.5) is 0 Å². The molecule has 15 heavy (non-hydrogen) atoms. The molecule has 0 spiro atoms. The lowest BCUT2D eigenvalue weighted by atomic mass is 10.2. The Hall–Kier alpha value is -1.39. The van der Waals surface area contributed by atoms with Crippen LogP contribution in [0.1, 0.15) is 12.0 Å². The van der Waals surface area contributed by atoms with Crippen molar-refractivity contribution >= 4 is 5.97 Å². The van der Waals surface area contributed by atoms with Crippen molar-refractivity contribution in [2.24, 2.45) is 5.73 Å². The van der Waals surface area contributed by atoms with Crippen LogP contribution in [-0.4, -0.2) is 23.7 Å². The number of hydrogen-bond donors (Lipinski definition) is 3. The maximum Gasteiger partial charge on any atom is 0.320 e. The highest BCUT2D eigenvalue weighted by atomic mass is 16.4. The van der Waals surface area contributed by atoms with Crippen LogP contribution in [0, 0.1) is 0 Å². The highest BCUT2D eigenvalue weighted by Crippen LogP contribution is 1.97. The van der Waals surface area contributed by atoms with E-state index in [1.807, 2.05) is 30.3 Å². The molecule has 1 aromatic rings. The third kappa shape index (κ3) is 4.58. The van der Waals surface area contributed by atoms with Crippen molar-refractivity contribution in [3.63, 3.8) is 0 Å². The van der Waals surface area contributed by atoms with Crippen LogP contribution in [0.25, 0.3) is 0 Å². The van der Waals surface area contributed by atoms with Crippen LogP contribution in [0.3, 0.4) is 0 Å². The van der Waals surface area contributed by atoms with Crippen LogP contribution < -0.4 is 11.1 Å². The molecule has 4 N–H and O–H groups in total. The first-order chi connectivity index (χ1) is 7.20. The van der Waals surface area contributed by atoms with E-state index in [4.69, 9.17) is 10.8 Å². The van der Waals surface area contributed by atoms with E-state index in [9.17, 15) is 4.79 Å². The molecule has 0 aliphatic carbocycles. The summed E-state index contributed by atoms with van der Waals surface area (Å²) in [7, 11) is 0. The van der Waals surface area contributed by atoms with Gasteiger partial charge in [-0.15, -0.1) is 0 Å². The van der Waals surface area contributed by atoms with E-state index in [-0.39, 0.29) is 0 Å². The third-order valence-electron chi connectivity index (χ3n) is 2.12. The summed E-state index contributed by atoms with van der Waals surface area (Å²) in [6.07, 6.45) is 0.447. The fourth-order valence-corrected chi connectivity index (χ4v) is 1.21. The number of rotatable bonds is 6. The predicted molar refractivity (Wildman–Crippen MR) is 58.4 cm³/mol. The van der Waals surface area contributed by atoms with Gasteiger partial charge in [-0.2, -0.15) is 0 Å². The number of hydrogen-bond acceptors (Lipinski definition) is 3. The summed E-state index contributed by atoms with van der Waals surface area (Å²) in [6.45, 7) is 1.36. The molecular weight excluding hydrogens is 192 g/mol. The summed E-state index contributed by atoms with van der Waals surface area (Å²) in [4.78, 5) is 10.4. The van der Waals surface area contributed by atoms with Crippen molar-refractivity contribution in [1.29, 1.82) is 0 Å². The van der Waals surface area contributed by atoms with Crippen molar-refractivity contribution in [2.75, 3.05) is 6.54 Å². The molecule has 0 aliphatic rings. The predicted octanol–water partition coefficient (Wildman–Crippen LogP) is 0.578. The molecule has 0 radical (unpaired) electrons. The molecule has 0 fully saturated rings. The maximum atomic E-state index is 10.4. The number of carboxylic acids is 1. The number of aliphatic carboxylic acids is 1. The van der Waals surface area contributed by atoms with Gasteiger partial charge in [-0.1, -0.05) is 30.3 Å². The van der Waals surface area contributed by atoms with E-state index in [0.717, 1.165) is 6.54 Å². The lowest BCUT2D eigenvalue weighted by molar-refractivity contribution is -0.138. The van der Waals surface area contributed by atoms with Gasteiger partial charge in [0.05, 0.1) is 0 Å². The van der Waals surface area contributed by atoms with Crippen LogP contribution in [0.15, 0.2) is 30.3 Å². The number of nitrogens with one attached hydrogen (secondary N) is 1. The molecule has 4 heteroatoms. The van der Waals surface area contributed by atoms with Crippen molar-refractivity contribution < 1.29 is 9.90 Å². The van der Waals surface area contributed by atoms with Gasteiger partial charge in [0.25, 0.3) is 0 Å². The fraction of sp³-hybridized carbons (Fsp3) is 0.364. The molecule has 0 saturated heterocycles. The summed E-state index contributed by atoms with van der Waals surface area (Å²) in [5.41, 5.74) is 6.54. The highest BCUT2D eigenvalue weighted by molar-refractivity contribution is 5.72. The first-order valence-corrected chi connectivity index (χ1v) is 4.93. The summed E-state index contributed by atoms with van der Waals surface area (Å²) in [5, 5.41) is 11.7. The minimum absolute atomic E-state index is 0.447. The SMILES string of the molecule is NC(CCNCc1ccccc1)C(=O)O. The molecule has 0 saturated carbocycles. The van der Waals surface area contributed by atoms with Gasteiger partial charge in [0.2, 0.25) is 0 Å². The number of carbonyl (C=O) groups is 1. The Bertz CT molecular complexity index is 301. The van der Waals surface area contributed by atoms with E-state index in [2.05, 4.69) is 5.32 Å². The van der Waals surface area contributed by atoms with E-state index in [1.165, 1.54) is 5.56 Å².